The Morgan fingerprint density at radius 1 is 1.12 bits per heavy atom. The van der Waals surface area contributed by atoms with Crippen molar-refractivity contribution >= 4 is 27.7 Å². The summed E-state index contributed by atoms with van der Waals surface area (Å²) < 4.78 is 22.6. The van der Waals surface area contributed by atoms with E-state index < -0.39 is 10.0 Å². The lowest BCUT2D eigenvalue weighted by Gasteiger charge is -2.25. The van der Waals surface area contributed by atoms with Crippen LogP contribution in [0.2, 0.25) is 0 Å². The molecule has 0 fully saturated rings. The lowest BCUT2D eigenvalue weighted by Crippen LogP contribution is -2.31. The van der Waals surface area contributed by atoms with Gasteiger partial charge in [0.05, 0.1) is 16.7 Å². The SMILES string of the molecule is Cc1ccc(SCC(=O)N(C)C(C)c2ccc(S(N)(=O)=O)cc2)cc1. The molecule has 0 aromatic heterocycles. The maximum atomic E-state index is 12.4. The van der Waals surface area contributed by atoms with Crippen molar-refractivity contribution < 1.29 is 13.2 Å². The Hall–Kier alpha value is -1.83. The zero-order valence-corrected chi connectivity index (χ0v) is 16.1. The van der Waals surface area contributed by atoms with Crippen LogP contribution >= 0.6 is 11.8 Å². The van der Waals surface area contributed by atoms with Crippen molar-refractivity contribution in [3.8, 4) is 0 Å². The highest BCUT2D eigenvalue weighted by molar-refractivity contribution is 8.00. The van der Waals surface area contributed by atoms with E-state index in [1.807, 2.05) is 38.1 Å². The molecule has 0 saturated heterocycles. The van der Waals surface area contributed by atoms with Crippen LogP contribution in [0.15, 0.2) is 58.3 Å². The summed E-state index contributed by atoms with van der Waals surface area (Å²) in [6, 6.07) is 14.2. The first-order valence-corrected chi connectivity index (χ1v) is 10.3. The first-order valence-electron chi connectivity index (χ1n) is 7.76. The minimum atomic E-state index is -3.71. The number of aryl methyl sites for hydroxylation is 1. The highest BCUT2D eigenvalue weighted by Crippen LogP contribution is 2.23. The monoisotopic (exact) mass is 378 g/mol. The van der Waals surface area contributed by atoms with Crippen molar-refractivity contribution in [3.05, 3.63) is 59.7 Å². The first kappa shape index (κ1) is 19.5. The van der Waals surface area contributed by atoms with Crippen LogP contribution in [0.3, 0.4) is 0 Å². The summed E-state index contributed by atoms with van der Waals surface area (Å²) in [5, 5.41) is 5.10. The van der Waals surface area contributed by atoms with E-state index >= 15 is 0 Å². The molecule has 7 heteroatoms. The smallest absolute Gasteiger partial charge is 0.238 e. The summed E-state index contributed by atoms with van der Waals surface area (Å²) in [7, 11) is -1.96. The highest BCUT2D eigenvalue weighted by atomic mass is 32.2. The van der Waals surface area contributed by atoms with Gasteiger partial charge in [-0.15, -0.1) is 11.8 Å². The molecule has 2 N–H and O–H groups in total. The topological polar surface area (TPSA) is 80.5 Å². The van der Waals surface area contributed by atoms with E-state index in [1.165, 1.54) is 29.5 Å². The summed E-state index contributed by atoms with van der Waals surface area (Å²) in [4.78, 5) is 15.2. The van der Waals surface area contributed by atoms with Crippen LogP contribution < -0.4 is 5.14 Å². The van der Waals surface area contributed by atoms with Crippen molar-refractivity contribution in [1.29, 1.82) is 0 Å². The minimum absolute atomic E-state index is 0.00796. The second-order valence-corrected chi connectivity index (χ2v) is 8.51. The van der Waals surface area contributed by atoms with Gasteiger partial charge in [-0.3, -0.25) is 4.79 Å². The van der Waals surface area contributed by atoms with Crippen LogP contribution in [0.25, 0.3) is 0 Å². The third-order valence-electron chi connectivity index (χ3n) is 4.05. The summed E-state index contributed by atoms with van der Waals surface area (Å²) in [5.41, 5.74) is 2.04. The van der Waals surface area contributed by atoms with E-state index in [4.69, 9.17) is 5.14 Å². The molecule has 1 amide bonds. The lowest BCUT2D eigenvalue weighted by molar-refractivity contribution is -0.128. The Kier molecular flexibility index (Phi) is 6.26. The van der Waals surface area contributed by atoms with Crippen LogP contribution in [0.4, 0.5) is 0 Å². The molecule has 1 unspecified atom stereocenters. The summed E-state index contributed by atoms with van der Waals surface area (Å²) in [5.74, 6) is 0.354. The second-order valence-electron chi connectivity index (χ2n) is 5.90. The number of nitrogens with two attached hydrogens (primary N) is 1. The summed E-state index contributed by atoms with van der Waals surface area (Å²) in [6.07, 6.45) is 0. The van der Waals surface area contributed by atoms with Crippen LogP contribution in [0, 0.1) is 6.92 Å². The van der Waals surface area contributed by atoms with Gasteiger partial charge in [0.2, 0.25) is 15.9 Å². The maximum Gasteiger partial charge on any atom is 0.238 e. The average molecular weight is 379 g/mol. The molecule has 2 aromatic carbocycles. The largest absolute Gasteiger partial charge is 0.338 e. The Bertz CT molecular complexity index is 832. The van der Waals surface area contributed by atoms with Crippen molar-refractivity contribution in [3.63, 3.8) is 0 Å². The lowest BCUT2D eigenvalue weighted by atomic mass is 10.1. The fraction of sp³-hybridized carbons (Fsp3) is 0.278. The number of hydrogen-bond donors (Lipinski definition) is 1. The average Bonchev–Trinajstić information content (AvgIpc) is 2.59. The van der Waals surface area contributed by atoms with E-state index in [1.54, 1.807) is 24.1 Å². The van der Waals surface area contributed by atoms with E-state index in [2.05, 4.69) is 0 Å². The highest BCUT2D eigenvalue weighted by Gasteiger charge is 2.18. The fourth-order valence-corrected chi connectivity index (χ4v) is 3.59. The molecule has 0 radical (unpaired) electrons. The number of primary sulfonamides is 1. The number of hydrogen-bond acceptors (Lipinski definition) is 4. The Morgan fingerprint density at radius 2 is 1.68 bits per heavy atom. The molecular formula is C18H22N2O3S2. The molecule has 0 heterocycles. The normalized spacial score (nSPS) is 12.6. The number of amides is 1. The molecule has 134 valence electrons. The second kappa shape index (κ2) is 8.03. The molecular weight excluding hydrogens is 356 g/mol. The van der Waals surface area contributed by atoms with Gasteiger partial charge >= 0.3 is 0 Å². The molecule has 5 nitrogen and oxygen atoms in total. The number of thioether (sulfide) groups is 1. The van der Waals surface area contributed by atoms with Crippen LogP contribution in [-0.2, 0) is 14.8 Å². The summed E-state index contributed by atoms with van der Waals surface area (Å²) >= 11 is 1.50. The predicted molar refractivity (Wildman–Crippen MR) is 101 cm³/mol. The maximum absolute atomic E-state index is 12.4. The van der Waals surface area contributed by atoms with E-state index in [-0.39, 0.29) is 16.8 Å². The number of rotatable bonds is 6. The van der Waals surface area contributed by atoms with Crippen molar-refractivity contribution in [2.24, 2.45) is 5.14 Å². The van der Waals surface area contributed by atoms with Crippen molar-refractivity contribution in [2.75, 3.05) is 12.8 Å². The Labute approximate surface area is 153 Å². The molecule has 0 saturated carbocycles. The third kappa shape index (κ3) is 5.32. The van der Waals surface area contributed by atoms with Gasteiger partial charge in [0.15, 0.2) is 0 Å². The zero-order chi connectivity index (χ0) is 18.6. The Morgan fingerprint density at radius 3 is 2.20 bits per heavy atom. The predicted octanol–water partition coefficient (Wildman–Crippen LogP) is 2.95. The molecule has 0 aliphatic heterocycles. The van der Waals surface area contributed by atoms with Crippen molar-refractivity contribution in [1.82, 2.24) is 4.90 Å². The third-order valence-corrected chi connectivity index (χ3v) is 5.97. The van der Waals surface area contributed by atoms with Gasteiger partial charge in [-0.05, 0) is 43.7 Å². The number of sulfonamides is 1. The fourth-order valence-electron chi connectivity index (χ4n) is 2.26. The van der Waals surface area contributed by atoms with Gasteiger partial charge in [-0.1, -0.05) is 29.8 Å². The molecule has 0 bridgehead atoms. The molecule has 25 heavy (non-hydrogen) atoms. The number of nitrogens with zero attached hydrogens (tertiary/aromatic N) is 1. The van der Waals surface area contributed by atoms with Gasteiger partial charge in [0.1, 0.15) is 0 Å². The van der Waals surface area contributed by atoms with Gasteiger partial charge in [-0.25, -0.2) is 13.6 Å². The number of carbonyl (C=O) groups excluding carboxylic acids is 1. The standard InChI is InChI=1S/C18H22N2O3S2/c1-13-4-8-16(9-5-13)24-12-18(21)20(3)14(2)15-6-10-17(11-7-15)25(19,22)23/h4-11,14H,12H2,1-3H3,(H2,19,22,23). The van der Waals surface area contributed by atoms with Gasteiger partial charge in [0.25, 0.3) is 0 Å². The van der Waals surface area contributed by atoms with Crippen LogP contribution in [0.1, 0.15) is 24.1 Å². The Balaban J connectivity index is 1.99. The number of carbonyl (C=O) groups is 1. The first-order chi connectivity index (χ1) is 11.7. The minimum Gasteiger partial charge on any atom is -0.338 e. The molecule has 0 aliphatic rings. The zero-order valence-electron chi connectivity index (χ0n) is 14.5. The molecule has 0 spiro atoms. The molecule has 2 aromatic rings. The van der Waals surface area contributed by atoms with Gasteiger partial charge in [-0.2, -0.15) is 0 Å². The van der Waals surface area contributed by atoms with Gasteiger partial charge in [0, 0.05) is 11.9 Å². The van der Waals surface area contributed by atoms with Crippen LogP contribution in [-0.4, -0.2) is 32.0 Å². The summed E-state index contributed by atoms with van der Waals surface area (Å²) in [6.45, 7) is 3.93. The van der Waals surface area contributed by atoms with Gasteiger partial charge < -0.3 is 4.90 Å². The van der Waals surface area contributed by atoms with Crippen LogP contribution in [0.5, 0.6) is 0 Å². The quantitative estimate of drug-likeness (QED) is 0.784. The van der Waals surface area contributed by atoms with E-state index in [9.17, 15) is 13.2 Å². The van der Waals surface area contributed by atoms with E-state index in [0.29, 0.717) is 5.75 Å². The molecule has 2 rings (SSSR count). The van der Waals surface area contributed by atoms with E-state index in [0.717, 1.165) is 10.5 Å². The number of benzene rings is 2. The molecule has 0 aliphatic carbocycles. The molecule has 1 atom stereocenters. The van der Waals surface area contributed by atoms with Crippen molar-refractivity contribution in [2.45, 2.75) is 29.7 Å².